The van der Waals surface area contributed by atoms with E-state index in [1.54, 1.807) is 6.20 Å². The lowest BCUT2D eigenvalue weighted by molar-refractivity contribution is 0.591. The number of aromatic nitrogens is 2. The molecular weight excluding hydrogens is 264 g/mol. The zero-order chi connectivity index (χ0) is 13.5. The number of nitrogens with two attached hydrogens (primary N) is 1. The molecule has 2 heterocycles. The number of benzene rings is 1. The van der Waals surface area contributed by atoms with E-state index in [0.717, 1.165) is 29.4 Å². The van der Waals surface area contributed by atoms with Gasteiger partial charge in [0, 0.05) is 11.9 Å². The molecule has 1 unspecified atom stereocenters. The van der Waals surface area contributed by atoms with Gasteiger partial charge in [-0.3, -0.25) is 5.10 Å². The van der Waals surface area contributed by atoms with Crippen molar-refractivity contribution in [3.8, 4) is 0 Å². The summed E-state index contributed by atoms with van der Waals surface area (Å²) in [6.45, 7) is 0.409. The highest BCUT2D eigenvalue weighted by Crippen LogP contribution is 2.26. The summed E-state index contributed by atoms with van der Waals surface area (Å²) in [5.74, 6) is 0.300. The Morgan fingerprint density at radius 1 is 1.47 bits per heavy atom. The van der Waals surface area contributed by atoms with Crippen molar-refractivity contribution >= 4 is 32.1 Å². The minimum absolute atomic E-state index is 0.300. The van der Waals surface area contributed by atoms with Crippen molar-refractivity contribution in [2.24, 2.45) is 0 Å². The second kappa shape index (κ2) is 4.41. The van der Waals surface area contributed by atoms with Crippen LogP contribution in [0.3, 0.4) is 0 Å². The zero-order valence-corrected chi connectivity index (χ0v) is 11.2. The Morgan fingerprint density at radius 3 is 3.05 bits per heavy atom. The fraction of sp³-hybridized carbons (Fsp3) is 0.417. The third-order valence-electron chi connectivity index (χ3n) is 3.59. The average Bonchev–Trinajstić information content (AvgIpc) is 2.92. The van der Waals surface area contributed by atoms with Crippen LogP contribution in [0.1, 0.15) is 12.8 Å². The first-order valence-electron chi connectivity index (χ1n) is 6.24. The number of nitrogens with one attached hydrogen (secondary N) is 2. The molecule has 1 saturated heterocycles. The van der Waals surface area contributed by atoms with Crippen molar-refractivity contribution in [1.82, 2.24) is 10.2 Å². The van der Waals surface area contributed by atoms with Crippen LogP contribution in [0.15, 0.2) is 18.3 Å². The summed E-state index contributed by atoms with van der Waals surface area (Å²) in [7, 11) is -2.93. The number of nitrogen functional groups attached to an aromatic ring is 1. The summed E-state index contributed by atoms with van der Waals surface area (Å²) in [4.78, 5) is 0. The van der Waals surface area contributed by atoms with Crippen molar-refractivity contribution < 1.29 is 8.42 Å². The van der Waals surface area contributed by atoms with Crippen LogP contribution < -0.4 is 11.1 Å². The number of aromatic amines is 1. The molecule has 1 atom stereocenters. The molecule has 0 radical (unpaired) electrons. The van der Waals surface area contributed by atoms with Gasteiger partial charge in [0.2, 0.25) is 0 Å². The maximum absolute atomic E-state index is 11.8. The van der Waals surface area contributed by atoms with E-state index in [0.29, 0.717) is 18.0 Å². The van der Waals surface area contributed by atoms with Crippen LogP contribution in [-0.2, 0) is 9.84 Å². The molecule has 4 N–H and O–H groups in total. The number of nitrogens with zero attached hydrogens (tertiary/aromatic N) is 1. The van der Waals surface area contributed by atoms with Gasteiger partial charge >= 0.3 is 0 Å². The first-order chi connectivity index (χ1) is 9.06. The van der Waals surface area contributed by atoms with E-state index in [2.05, 4.69) is 15.5 Å². The number of rotatable bonds is 3. The maximum atomic E-state index is 11.8. The Balaban J connectivity index is 1.80. The van der Waals surface area contributed by atoms with Crippen LogP contribution in [0, 0.1) is 0 Å². The minimum atomic E-state index is -2.93. The predicted molar refractivity (Wildman–Crippen MR) is 75.8 cm³/mol. The molecule has 7 heteroatoms. The normalized spacial score (nSPS) is 21.8. The molecule has 0 amide bonds. The highest BCUT2D eigenvalue weighted by Gasteiger charge is 2.30. The summed E-state index contributed by atoms with van der Waals surface area (Å²) in [5, 5.41) is 10.6. The van der Waals surface area contributed by atoms with Crippen molar-refractivity contribution in [1.29, 1.82) is 0 Å². The molecule has 0 bridgehead atoms. The van der Waals surface area contributed by atoms with Crippen LogP contribution >= 0.6 is 0 Å². The Morgan fingerprint density at radius 2 is 2.32 bits per heavy atom. The minimum Gasteiger partial charge on any atom is -0.397 e. The van der Waals surface area contributed by atoms with Gasteiger partial charge in [-0.2, -0.15) is 5.10 Å². The van der Waals surface area contributed by atoms with Crippen LogP contribution in [0.5, 0.6) is 0 Å². The van der Waals surface area contributed by atoms with E-state index < -0.39 is 9.84 Å². The Labute approximate surface area is 111 Å². The van der Waals surface area contributed by atoms with Crippen LogP contribution in [0.4, 0.5) is 11.4 Å². The smallest absolute Gasteiger partial charge is 0.154 e. The largest absolute Gasteiger partial charge is 0.397 e. The fourth-order valence-corrected chi connectivity index (χ4v) is 4.24. The molecular formula is C12H16N4O2S. The standard InChI is InChI=1S/C12H16N4O2S/c13-10-4-8-6-15-16-11(8)5-12(10)14-7-9-2-1-3-19(9,17)18/h4-6,9,14H,1-3,7,13H2,(H,15,16). The first kappa shape index (κ1) is 12.3. The molecule has 1 aliphatic heterocycles. The third-order valence-corrected chi connectivity index (χ3v) is 5.87. The fourth-order valence-electron chi connectivity index (χ4n) is 2.47. The van der Waals surface area contributed by atoms with E-state index in [1.165, 1.54) is 0 Å². The summed E-state index contributed by atoms with van der Waals surface area (Å²) in [6.07, 6.45) is 3.18. The van der Waals surface area contributed by atoms with Crippen LogP contribution in [-0.4, -0.2) is 36.2 Å². The third kappa shape index (κ3) is 2.25. The number of anilines is 2. The van der Waals surface area contributed by atoms with Gasteiger partial charge in [0.15, 0.2) is 9.84 Å². The number of hydrogen-bond donors (Lipinski definition) is 3. The van der Waals surface area contributed by atoms with E-state index in [9.17, 15) is 8.42 Å². The van der Waals surface area contributed by atoms with Crippen molar-refractivity contribution in [2.45, 2.75) is 18.1 Å². The summed E-state index contributed by atoms with van der Waals surface area (Å²) in [5.41, 5.74) is 8.18. The van der Waals surface area contributed by atoms with E-state index in [-0.39, 0.29) is 5.25 Å². The molecule has 0 spiro atoms. The molecule has 0 aliphatic carbocycles. The molecule has 19 heavy (non-hydrogen) atoms. The molecule has 3 rings (SSSR count). The molecule has 1 aromatic carbocycles. The van der Waals surface area contributed by atoms with Crippen molar-refractivity contribution in [2.75, 3.05) is 23.3 Å². The molecule has 1 aromatic heterocycles. The van der Waals surface area contributed by atoms with Gasteiger partial charge in [0.1, 0.15) is 0 Å². The molecule has 6 nitrogen and oxygen atoms in total. The SMILES string of the molecule is Nc1cc2cn[nH]c2cc1NCC1CCCS1(=O)=O. The second-order valence-corrected chi connectivity index (χ2v) is 7.31. The monoisotopic (exact) mass is 280 g/mol. The van der Waals surface area contributed by atoms with E-state index >= 15 is 0 Å². The van der Waals surface area contributed by atoms with Crippen LogP contribution in [0.25, 0.3) is 10.9 Å². The maximum Gasteiger partial charge on any atom is 0.154 e. The lowest BCUT2D eigenvalue weighted by atomic mass is 10.2. The van der Waals surface area contributed by atoms with Crippen molar-refractivity contribution in [3.05, 3.63) is 18.3 Å². The number of fused-ring (bicyclic) bond motifs is 1. The predicted octanol–water partition coefficient (Wildman–Crippen LogP) is 1.13. The number of sulfone groups is 1. The molecule has 102 valence electrons. The lowest BCUT2D eigenvalue weighted by Crippen LogP contribution is -2.25. The Bertz CT molecular complexity index is 708. The molecule has 1 aliphatic rings. The number of hydrogen-bond acceptors (Lipinski definition) is 5. The Hall–Kier alpha value is -1.76. The number of H-pyrrole nitrogens is 1. The first-order valence-corrected chi connectivity index (χ1v) is 7.96. The Kier molecular flexibility index (Phi) is 2.85. The summed E-state index contributed by atoms with van der Waals surface area (Å²) < 4.78 is 23.5. The average molecular weight is 280 g/mol. The molecule has 1 fully saturated rings. The second-order valence-electron chi connectivity index (χ2n) is 4.91. The lowest BCUT2D eigenvalue weighted by Gasteiger charge is -2.13. The zero-order valence-electron chi connectivity index (χ0n) is 10.4. The summed E-state index contributed by atoms with van der Waals surface area (Å²) >= 11 is 0. The van der Waals surface area contributed by atoms with Crippen LogP contribution in [0.2, 0.25) is 0 Å². The van der Waals surface area contributed by atoms with Gasteiger partial charge in [0.05, 0.1) is 34.1 Å². The highest BCUT2D eigenvalue weighted by molar-refractivity contribution is 7.92. The van der Waals surface area contributed by atoms with E-state index in [1.807, 2.05) is 12.1 Å². The molecule has 0 saturated carbocycles. The van der Waals surface area contributed by atoms with Gasteiger partial charge in [-0.1, -0.05) is 0 Å². The van der Waals surface area contributed by atoms with Gasteiger partial charge in [-0.05, 0) is 25.0 Å². The quantitative estimate of drug-likeness (QED) is 0.732. The topological polar surface area (TPSA) is 101 Å². The van der Waals surface area contributed by atoms with Crippen molar-refractivity contribution in [3.63, 3.8) is 0 Å². The summed E-state index contributed by atoms with van der Waals surface area (Å²) in [6, 6.07) is 3.68. The van der Waals surface area contributed by atoms with E-state index in [4.69, 9.17) is 5.73 Å². The molecule has 2 aromatic rings. The highest BCUT2D eigenvalue weighted by atomic mass is 32.2. The van der Waals surface area contributed by atoms with Gasteiger partial charge in [-0.25, -0.2) is 8.42 Å². The van der Waals surface area contributed by atoms with Gasteiger partial charge in [0.25, 0.3) is 0 Å². The van der Waals surface area contributed by atoms with Gasteiger partial charge < -0.3 is 11.1 Å². The van der Waals surface area contributed by atoms with Gasteiger partial charge in [-0.15, -0.1) is 0 Å².